The molecule has 2 rings (SSSR count). The quantitative estimate of drug-likeness (QED) is 0.746. The first-order chi connectivity index (χ1) is 7.91. The van der Waals surface area contributed by atoms with Crippen LogP contribution < -0.4 is 5.73 Å². The molecule has 1 saturated carbocycles. The van der Waals surface area contributed by atoms with Crippen molar-refractivity contribution in [2.45, 2.75) is 57.6 Å². The highest BCUT2D eigenvalue weighted by Gasteiger charge is 2.41. The zero-order valence-corrected chi connectivity index (χ0v) is 10.8. The predicted octanol–water partition coefficient (Wildman–Crippen LogP) is 1.62. The molecule has 0 radical (unpaired) electrons. The van der Waals surface area contributed by atoms with Crippen molar-refractivity contribution in [3.63, 3.8) is 0 Å². The molecule has 1 aliphatic heterocycles. The van der Waals surface area contributed by atoms with Crippen LogP contribution in [0.15, 0.2) is 0 Å². The number of carbonyl (C=O) groups excluding carboxylic acids is 1. The molecule has 0 bridgehead atoms. The Morgan fingerprint density at radius 2 is 1.94 bits per heavy atom. The van der Waals surface area contributed by atoms with Gasteiger partial charge in [0.15, 0.2) is 0 Å². The van der Waals surface area contributed by atoms with Crippen LogP contribution in [0.2, 0.25) is 0 Å². The van der Waals surface area contributed by atoms with E-state index in [1.807, 2.05) is 0 Å². The first-order valence-electron chi connectivity index (χ1n) is 6.49. The van der Waals surface area contributed by atoms with Crippen LogP contribution in [-0.4, -0.2) is 30.8 Å². The van der Waals surface area contributed by atoms with Crippen molar-refractivity contribution in [2.24, 2.45) is 11.1 Å². The van der Waals surface area contributed by atoms with Gasteiger partial charge in [0.05, 0.1) is 6.61 Å². The van der Waals surface area contributed by atoms with Gasteiger partial charge in [0.1, 0.15) is 11.6 Å². The summed E-state index contributed by atoms with van der Waals surface area (Å²) in [6, 6.07) is 0. The smallest absolute Gasteiger partial charge is 0.328 e. The van der Waals surface area contributed by atoms with Gasteiger partial charge < -0.3 is 15.2 Å². The minimum absolute atomic E-state index is 0.0524. The Morgan fingerprint density at radius 3 is 2.47 bits per heavy atom. The van der Waals surface area contributed by atoms with Crippen molar-refractivity contribution in [3.8, 4) is 0 Å². The summed E-state index contributed by atoms with van der Waals surface area (Å²) in [4.78, 5) is 12.0. The van der Waals surface area contributed by atoms with Gasteiger partial charge in [-0.1, -0.05) is 13.8 Å². The minimum Gasteiger partial charge on any atom is -0.461 e. The van der Waals surface area contributed by atoms with E-state index in [0.29, 0.717) is 25.0 Å². The maximum Gasteiger partial charge on any atom is 0.328 e. The Kier molecular flexibility index (Phi) is 3.46. The molecule has 98 valence electrons. The molecule has 1 unspecified atom stereocenters. The Morgan fingerprint density at radius 1 is 1.29 bits per heavy atom. The van der Waals surface area contributed by atoms with Gasteiger partial charge >= 0.3 is 5.97 Å². The lowest BCUT2D eigenvalue weighted by molar-refractivity contribution is -0.158. The molecular formula is C13H23NO3. The molecular weight excluding hydrogens is 218 g/mol. The van der Waals surface area contributed by atoms with Crippen LogP contribution in [0, 0.1) is 5.41 Å². The molecule has 0 amide bonds. The van der Waals surface area contributed by atoms with E-state index in [1.54, 1.807) is 0 Å². The van der Waals surface area contributed by atoms with Crippen molar-refractivity contribution in [1.82, 2.24) is 0 Å². The number of esters is 1. The number of nitrogens with two attached hydrogens (primary N) is 1. The third-order valence-corrected chi connectivity index (χ3v) is 4.02. The second-order valence-electron chi connectivity index (χ2n) is 6.23. The normalized spacial score (nSPS) is 33.6. The third-order valence-electron chi connectivity index (χ3n) is 4.02. The Bertz CT molecular complexity index is 285. The lowest BCUT2D eigenvalue weighted by Gasteiger charge is -2.35. The molecule has 4 nitrogen and oxygen atoms in total. The SMILES string of the molecule is CC1(C)CCC(OC(=O)C2(N)CCOC2)CC1. The van der Waals surface area contributed by atoms with Crippen LogP contribution in [0.1, 0.15) is 46.0 Å². The lowest BCUT2D eigenvalue weighted by atomic mass is 9.76. The van der Waals surface area contributed by atoms with E-state index >= 15 is 0 Å². The fourth-order valence-corrected chi connectivity index (χ4v) is 2.50. The second-order valence-corrected chi connectivity index (χ2v) is 6.23. The molecule has 0 aromatic carbocycles. The average molecular weight is 241 g/mol. The highest BCUT2D eigenvalue weighted by atomic mass is 16.6. The summed E-state index contributed by atoms with van der Waals surface area (Å²) in [6.07, 6.45) is 4.75. The lowest BCUT2D eigenvalue weighted by Crippen LogP contribution is -2.51. The highest BCUT2D eigenvalue weighted by Crippen LogP contribution is 2.36. The number of hydrogen-bond donors (Lipinski definition) is 1. The number of ether oxygens (including phenoxy) is 2. The van der Waals surface area contributed by atoms with Gasteiger partial charge in [-0.25, -0.2) is 4.79 Å². The van der Waals surface area contributed by atoms with Gasteiger partial charge in [-0.15, -0.1) is 0 Å². The third kappa shape index (κ3) is 2.99. The summed E-state index contributed by atoms with van der Waals surface area (Å²) in [5.41, 5.74) is 5.47. The summed E-state index contributed by atoms with van der Waals surface area (Å²) >= 11 is 0. The molecule has 0 aromatic rings. The van der Waals surface area contributed by atoms with Gasteiger partial charge in [-0.2, -0.15) is 0 Å². The summed E-state index contributed by atoms with van der Waals surface area (Å²) in [5.74, 6) is -0.278. The van der Waals surface area contributed by atoms with E-state index in [4.69, 9.17) is 15.2 Å². The van der Waals surface area contributed by atoms with E-state index < -0.39 is 5.54 Å². The first-order valence-corrected chi connectivity index (χ1v) is 6.49. The van der Waals surface area contributed by atoms with E-state index in [9.17, 15) is 4.79 Å². The van der Waals surface area contributed by atoms with Crippen molar-refractivity contribution in [2.75, 3.05) is 13.2 Å². The van der Waals surface area contributed by atoms with Crippen molar-refractivity contribution in [3.05, 3.63) is 0 Å². The van der Waals surface area contributed by atoms with Crippen LogP contribution >= 0.6 is 0 Å². The Labute approximate surface area is 103 Å². The molecule has 0 aromatic heterocycles. The standard InChI is InChI=1S/C13H23NO3/c1-12(2)5-3-10(4-6-12)17-11(15)13(14)7-8-16-9-13/h10H,3-9,14H2,1-2H3. The van der Waals surface area contributed by atoms with E-state index in [-0.39, 0.29) is 12.1 Å². The van der Waals surface area contributed by atoms with Crippen molar-refractivity contribution < 1.29 is 14.3 Å². The average Bonchev–Trinajstić information content (AvgIpc) is 2.70. The van der Waals surface area contributed by atoms with Crippen molar-refractivity contribution in [1.29, 1.82) is 0 Å². The van der Waals surface area contributed by atoms with Crippen LogP contribution in [0.4, 0.5) is 0 Å². The number of rotatable bonds is 2. The maximum absolute atomic E-state index is 12.0. The molecule has 0 spiro atoms. The minimum atomic E-state index is -0.896. The van der Waals surface area contributed by atoms with Crippen LogP contribution in [-0.2, 0) is 14.3 Å². The van der Waals surface area contributed by atoms with Crippen LogP contribution in [0.25, 0.3) is 0 Å². The zero-order valence-electron chi connectivity index (χ0n) is 10.8. The van der Waals surface area contributed by atoms with Gasteiger partial charge in [0.25, 0.3) is 0 Å². The summed E-state index contributed by atoms with van der Waals surface area (Å²) in [5, 5.41) is 0. The molecule has 2 N–H and O–H groups in total. The van der Waals surface area contributed by atoms with Gasteiger partial charge in [-0.3, -0.25) is 0 Å². The fraction of sp³-hybridized carbons (Fsp3) is 0.923. The molecule has 1 aliphatic carbocycles. The summed E-state index contributed by atoms with van der Waals surface area (Å²) < 4.78 is 10.7. The largest absolute Gasteiger partial charge is 0.461 e. The molecule has 1 saturated heterocycles. The number of carbonyl (C=O) groups is 1. The molecule has 2 aliphatic rings. The topological polar surface area (TPSA) is 61.5 Å². The second kappa shape index (κ2) is 4.58. The van der Waals surface area contributed by atoms with Gasteiger partial charge in [0.2, 0.25) is 0 Å². The van der Waals surface area contributed by atoms with Crippen LogP contribution in [0.3, 0.4) is 0 Å². The highest BCUT2D eigenvalue weighted by molar-refractivity contribution is 5.81. The predicted molar refractivity (Wildman–Crippen MR) is 64.5 cm³/mol. The molecule has 1 heterocycles. The van der Waals surface area contributed by atoms with Gasteiger partial charge in [0, 0.05) is 13.0 Å². The fourth-order valence-electron chi connectivity index (χ4n) is 2.50. The Hall–Kier alpha value is -0.610. The maximum atomic E-state index is 12.0. The monoisotopic (exact) mass is 241 g/mol. The Balaban J connectivity index is 1.84. The first kappa shape index (κ1) is 12.8. The van der Waals surface area contributed by atoms with Crippen molar-refractivity contribution >= 4 is 5.97 Å². The van der Waals surface area contributed by atoms with E-state index in [2.05, 4.69) is 13.8 Å². The molecule has 4 heteroatoms. The summed E-state index contributed by atoms with van der Waals surface area (Å²) in [6.45, 7) is 5.38. The molecule has 17 heavy (non-hydrogen) atoms. The van der Waals surface area contributed by atoms with E-state index in [0.717, 1.165) is 25.7 Å². The molecule has 2 fully saturated rings. The number of hydrogen-bond acceptors (Lipinski definition) is 4. The van der Waals surface area contributed by atoms with Gasteiger partial charge in [-0.05, 0) is 31.1 Å². The summed E-state index contributed by atoms with van der Waals surface area (Å²) in [7, 11) is 0. The zero-order chi connectivity index (χ0) is 12.5. The molecule has 1 atom stereocenters. The van der Waals surface area contributed by atoms with Crippen LogP contribution in [0.5, 0.6) is 0 Å². The van der Waals surface area contributed by atoms with E-state index in [1.165, 1.54) is 0 Å².